The first-order valence-corrected chi connectivity index (χ1v) is 7.29. The molecule has 1 aromatic rings. The number of amides is 3. The fourth-order valence-electron chi connectivity index (χ4n) is 2.91. The molecule has 2 N–H and O–H groups in total. The summed E-state index contributed by atoms with van der Waals surface area (Å²) in [6.45, 7) is 2.10. The van der Waals surface area contributed by atoms with E-state index in [9.17, 15) is 14.4 Å². The van der Waals surface area contributed by atoms with E-state index in [4.69, 9.17) is 4.74 Å². The summed E-state index contributed by atoms with van der Waals surface area (Å²) >= 11 is 0. The van der Waals surface area contributed by atoms with Crippen molar-refractivity contribution in [1.82, 2.24) is 15.5 Å². The minimum Gasteiger partial charge on any atom is -0.466 e. The van der Waals surface area contributed by atoms with Gasteiger partial charge in [-0.05, 0) is 12.5 Å². The maximum Gasteiger partial charge on any atom is 0.338 e. The van der Waals surface area contributed by atoms with Crippen molar-refractivity contribution in [2.24, 2.45) is 0 Å². The Morgan fingerprint density at radius 3 is 2.57 bits per heavy atom. The maximum absolute atomic E-state index is 12.4. The highest BCUT2D eigenvalue weighted by Crippen LogP contribution is 2.32. The molecule has 0 bridgehead atoms. The lowest BCUT2D eigenvalue weighted by Crippen LogP contribution is -2.59. The third-order valence-electron chi connectivity index (χ3n) is 3.91. The Labute approximate surface area is 133 Å². The third kappa shape index (κ3) is 2.54. The predicted octanol–water partition coefficient (Wildman–Crippen LogP) is 0.698. The van der Waals surface area contributed by atoms with Crippen LogP contribution in [0, 0.1) is 0 Å². The normalized spacial score (nSPS) is 23.8. The molecule has 120 valence electrons. The summed E-state index contributed by atoms with van der Waals surface area (Å²) in [6.07, 6.45) is 0. The van der Waals surface area contributed by atoms with E-state index in [1.165, 1.54) is 12.0 Å². The van der Waals surface area contributed by atoms with Crippen molar-refractivity contribution in [3.05, 3.63) is 47.2 Å². The summed E-state index contributed by atoms with van der Waals surface area (Å²) in [7, 11) is 1.25. The Morgan fingerprint density at radius 1 is 1.22 bits per heavy atom. The van der Waals surface area contributed by atoms with Crippen molar-refractivity contribution in [3.63, 3.8) is 0 Å². The lowest BCUT2D eigenvalue weighted by atomic mass is 9.93. The van der Waals surface area contributed by atoms with Crippen LogP contribution >= 0.6 is 0 Å². The number of ether oxygens (including phenoxy) is 1. The second-order valence-corrected chi connectivity index (χ2v) is 5.53. The van der Waals surface area contributed by atoms with Crippen LogP contribution in [0.2, 0.25) is 0 Å². The molecule has 1 saturated heterocycles. The van der Waals surface area contributed by atoms with E-state index < -0.39 is 23.9 Å². The highest BCUT2D eigenvalue weighted by molar-refractivity contribution is 6.08. The van der Waals surface area contributed by atoms with Gasteiger partial charge in [0.25, 0.3) is 5.91 Å². The average molecular weight is 315 g/mol. The van der Waals surface area contributed by atoms with Gasteiger partial charge in [0.15, 0.2) is 0 Å². The van der Waals surface area contributed by atoms with Gasteiger partial charge >= 0.3 is 12.0 Å². The largest absolute Gasteiger partial charge is 0.466 e. The summed E-state index contributed by atoms with van der Waals surface area (Å²) in [5, 5.41) is 5.54. The number of carbonyl (C=O) groups excluding carboxylic acids is 3. The van der Waals surface area contributed by atoms with Gasteiger partial charge in [0.1, 0.15) is 5.70 Å². The second-order valence-electron chi connectivity index (χ2n) is 5.53. The van der Waals surface area contributed by atoms with Crippen molar-refractivity contribution in [2.45, 2.75) is 19.0 Å². The third-order valence-corrected chi connectivity index (χ3v) is 3.91. The standard InChI is InChI=1S/C16H17N3O4/c1-9-8-19-13(14(20)17-9)11(15(21)23-2)12(18-16(19)22)10-6-4-3-5-7-10/h3-7,9,12H,8H2,1-2H3,(H,17,20)(H,18,22)/t9-,12-/m0/s1. The Bertz CT molecular complexity index is 699. The van der Waals surface area contributed by atoms with E-state index in [0.717, 1.165) is 0 Å². The minimum atomic E-state index is -0.721. The Kier molecular flexibility index (Phi) is 3.77. The molecule has 0 radical (unpaired) electrons. The first-order chi connectivity index (χ1) is 11.0. The number of fused-ring (bicyclic) bond motifs is 1. The molecule has 2 aliphatic heterocycles. The minimum absolute atomic E-state index is 0.0625. The molecule has 0 saturated carbocycles. The number of hydrogen-bond acceptors (Lipinski definition) is 4. The van der Waals surface area contributed by atoms with E-state index in [1.807, 2.05) is 6.07 Å². The molecule has 3 amide bonds. The van der Waals surface area contributed by atoms with Crippen LogP contribution < -0.4 is 10.6 Å². The Hall–Kier alpha value is -2.83. The zero-order valence-corrected chi connectivity index (χ0v) is 12.8. The first kappa shape index (κ1) is 15.1. The molecule has 23 heavy (non-hydrogen) atoms. The highest BCUT2D eigenvalue weighted by Gasteiger charge is 2.43. The van der Waals surface area contributed by atoms with Crippen LogP contribution in [0.5, 0.6) is 0 Å². The van der Waals surface area contributed by atoms with Crippen LogP contribution in [0.3, 0.4) is 0 Å². The number of hydrogen-bond donors (Lipinski definition) is 2. The number of nitrogens with one attached hydrogen (secondary N) is 2. The number of urea groups is 1. The van der Waals surface area contributed by atoms with Crippen molar-refractivity contribution >= 4 is 17.9 Å². The van der Waals surface area contributed by atoms with Crippen molar-refractivity contribution in [3.8, 4) is 0 Å². The quantitative estimate of drug-likeness (QED) is 0.786. The Morgan fingerprint density at radius 2 is 1.91 bits per heavy atom. The van der Waals surface area contributed by atoms with E-state index >= 15 is 0 Å². The molecule has 7 nitrogen and oxygen atoms in total. The number of carbonyl (C=O) groups is 3. The molecular formula is C16H17N3O4. The van der Waals surface area contributed by atoms with Gasteiger partial charge < -0.3 is 15.4 Å². The van der Waals surface area contributed by atoms with Crippen LogP contribution in [0.25, 0.3) is 0 Å². The molecule has 0 spiro atoms. The molecule has 1 aromatic carbocycles. The second kappa shape index (κ2) is 5.75. The topological polar surface area (TPSA) is 87.7 Å². The fraction of sp³-hybridized carbons (Fsp3) is 0.312. The van der Waals surface area contributed by atoms with E-state index in [0.29, 0.717) is 12.1 Å². The van der Waals surface area contributed by atoms with Crippen LogP contribution in [0.4, 0.5) is 4.79 Å². The molecule has 3 rings (SSSR count). The van der Waals surface area contributed by atoms with Gasteiger partial charge in [0.2, 0.25) is 0 Å². The van der Waals surface area contributed by atoms with E-state index in [2.05, 4.69) is 10.6 Å². The number of benzene rings is 1. The van der Waals surface area contributed by atoms with Gasteiger partial charge in [0.05, 0.1) is 18.7 Å². The molecule has 2 atom stereocenters. The van der Waals surface area contributed by atoms with Gasteiger partial charge in [-0.25, -0.2) is 9.59 Å². The van der Waals surface area contributed by atoms with Crippen LogP contribution in [0.15, 0.2) is 41.6 Å². The molecule has 2 aliphatic rings. The number of esters is 1. The predicted molar refractivity (Wildman–Crippen MR) is 81.1 cm³/mol. The van der Waals surface area contributed by atoms with Gasteiger partial charge in [-0.15, -0.1) is 0 Å². The number of nitrogens with zero attached hydrogens (tertiary/aromatic N) is 1. The lowest BCUT2D eigenvalue weighted by molar-refractivity contribution is -0.137. The summed E-state index contributed by atoms with van der Waals surface area (Å²) in [4.78, 5) is 38.4. The zero-order valence-electron chi connectivity index (χ0n) is 12.8. The molecule has 0 aromatic heterocycles. The molecule has 0 unspecified atom stereocenters. The molecule has 7 heteroatoms. The summed E-state index contributed by atoms with van der Waals surface area (Å²) in [6, 6.07) is 7.70. The maximum atomic E-state index is 12.4. The van der Waals surface area contributed by atoms with Gasteiger partial charge in [-0.2, -0.15) is 0 Å². The number of piperazine rings is 1. The SMILES string of the molecule is COC(=O)C1=C2C(=O)N[C@@H](C)CN2C(=O)N[C@H]1c1ccccc1. The molecule has 0 aliphatic carbocycles. The smallest absolute Gasteiger partial charge is 0.338 e. The molecular weight excluding hydrogens is 298 g/mol. The molecule has 2 heterocycles. The van der Waals surface area contributed by atoms with Crippen LogP contribution in [-0.2, 0) is 14.3 Å². The highest BCUT2D eigenvalue weighted by atomic mass is 16.5. The van der Waals surface area contributed by atoms with Crippen LogP contribution in [-0.4, -0.2) is 42.5 Å². The summed E-state index contributed by atoms with van der Waals surface area (Å²) in [5.74, 6) is -1.08. The van der Waals surface area contributed by atoms with E-state index in [1.54, 1.807) is 31.2 Å². The lowest BCUT2D eigenvalue weighted by Gasteiger charge is -2.40. The first-order valence-electron chi connectivity index (χ1n) is 7.29. The Balaban J connectivity index is 2.17. The van der Waals surface area contributed by atoms with Crippen molar-refractivity contribution in [2.75, 3.05) is 13.7 Å². The van der Waals surface area contributed by atoms with Crippen molar-refractivity contribution < 1.29 is 19.1 Å². The van der Waals surface area contributed by atoms with Gasteiger partial charge in [-0.1, -0.05) is 30.3 Å². The summed E-state index contributed by atoms with van der Waals surface area (Å²) < 4.78 is 4.85. The average Bonchev–Trinajstić information content (AvgIpc) is 2.55. The zero-order chi connectivity index (χ0) is 16.6. The fourth-order valence-corrected chi connectivity index (χ4v) is 2.91. The van der Waals surface area contributed by atoms with E-state index in [-0.39, 0.29) is 17.3 Å². The van der Waals surface area contributed by atoms with Gasteiger partial charge in [-0.3, -0.25) is 9.69 Å². The number of rotatable bonds is 2. The van der Waals surface area contributed by atoms with Crippen molar-refractivity contribution in [1.29, 1.82) is 0 Å². The number of methoxy groups -OCH3 is 1. The summed E-state index contributed by atoms with van der Waals surface area (Å²) in [5.41, 5.74) is 0.912. The van der Waals surface area contributed by atoms with Gasteiger partial charge in [0, 0.05) is 12.6 Å². The monoisotopic (exact) mass is 315 g/mol. The molecule has 1 fully saturated rings. The van der Waals surface area contributed by atoms with Crippen LogP contribution in [0.1, 0.15) is 18.5 Å².